The normalized spacial score (nSPS) is 15.7. The van der Waals surface area contributed by atoms with E-state index in [0.717, 1.165) is 0 Å². The fourth-order valence-corrected chi connectivity index (χ4v) is 3.03. The van der Waals surface area contributed by atoms with E-state index in [2.05, 4.69) is 15.3 Å². The minimum Gasteiger partial charge on any atom is -0.335 e. The molecular formula is C18H20N6O4. The van der Waals surface area contributed by atoms with Gasteiger partial charge in [-0.05, 0) is 13.0 Å². The zero-order valence-corrected chi connectivity index (χ0v) is 15.3. The lowest BCUT2D eigenvalue weighted by Crippen LogP contribution is -2.54. The maximum absolute atomic E-state index is 12.5. The van der Waals surface area contributed by atoms with Crippen LogP contribution in [0.3, 0.4) is 0 Å². The highest BCUT2D eigenvalue weighted by molar-refractivity contribution is 5.96. The quantitative estimate of drug-likeness (QED) is 0.606. The number of amides is 2. The molecule has 146 valence electrons. The number of carbonyl (C=O) groups is 2. The van der Waals surface area contributed by atoms with Crippen molar-refractivity contribution in [2.24, 2.45) is 0 Å². The van der Waals surface area contributed by atoms with Crippen LogP contribution in [0.1, 0.15) is 17.4 Å². The highest BCUT2D eigenvalue weighted by atomic mass is 16.6. The fourth-order valence-electron chi connectivity index (χ4n) is 3.03. The Morgan fingerprint density at radius 1 is 1.18 bits per heavy atom. The molecule has 28 heavy (non-hydrogen) atoms. The van der Waals surface area contributed by atoms with Gasteiger partial charge in [0, 0.05) is 44.6 Å². The number of nitro groups is 1. The van der Waals surface area contributed by atoms with Crippen molar-refractivity contribution in [3.05, 3.63) is 58.7 Å². The average molecular weight is 384 g/mol. The molecule has 1 saturated heterocycles. The van der Waals surface area contributed by atoms with Gasteiger partial charge in [-0.2, -0.15) is 0 Å². The van der Waals surface area contributed by atoms with Gasteiger partial charge in [0.15, 0.2) is 0 Å². The average Bonchev–Trinajstić information content (AvgIpc) is 2.73. The molecule has 1 N–H and O–H groups in total. The number of nitrogens with one attached hydrogen (secondary N) is 1. The number of hydrogen-bond acceptors (Lipinski definition) is 7. The van der Waals surface area contributed by atoms with E-state index in [1.54, 1.807) is 24.0 Å². The molecule has 0 saturated carbocycles. The van der Waals surface area contributed by atoms with Crippen LogP contribution in [-0.4, -0.2) is 68.7 Å². The molecule has 0 aliphatic carbocycles. The fraction of sp³-hybridized carbons (Fsp3) is 0.333. The molecule has 10 nitrogen and oxygen atoms in total. The van der Waals surface area contributed by atoms with Crippen molar-refractivity contribution in [1.29, 1.82) is 0 Å². The Hall–Kier alpha value is -3.40. The van der Waals surface area contributed by atoms with Crippen molar-refractivity contribution < 1.29 is 14.5 Å². The van der Waals surface area contributed by atoms with Crippen LogP contribution in [0, 0.1) is 10.1 Å². The SMILES string of the molecule is CC(C(=O)Nc1ccccc1[N+](=O)[O-])N1CCN(C(=O)c2cnccn2)CC1. The first-order valence-corrected chi connectivity index (χ1v) is 8.81. The summed E-state index contributed by atoms with van der Waals surface area (Å²) in [4.78, 5) is 47.1. The first-order valence-electron chi connectivity index (χ1n) is 8.81. The van der Waals surface area contributed by atoms with Gasteiger partial charge in [0.1, 0.15) is 11.4 Å². The van der Waals surface area contributed by atoms with Crippen LogP contribution in [-0.2, 0) is 4.79 Å². The summed E-state index contributed by atoms with van der Waals surface area (Å²) in [6.45, 7) is 3.68. The number of nitro benzene ring substituents is 1. The van der Waals surface area contributed by atoms with Crippen molar-refractivity contribution in [3.8, 4) is 0 Å². The standard InChI is InChI=1S/C18H20N6O4/c1-13(17(25)21-14-4-2-3-5-16(14)24(27)28)22-8-10-23(11-9-22)18(26)15-12-19-6-7-20-15/h2-7,12-13H,8-11H2,1H3,(H,21,25). The van der Waals surface area contributed by atoms with Gasteiger partial charge in [-0.25, -0.2) is 4.98 Å². The highest BCUT2D eigenvalue weighted by Gasteiger charge is 2.29. The van der Waals surface area contributed by atoms with Gasteiger partial charge in [0.25, 0.3) is 11.6 Å². The molecule has 3 rings (SSSR count). The zero-order chi connectivity index (χ0) is 20.1. The van der Waals surface area contributed by atoms with Crippen LogP contribution < -0.4 is 5.32 Å². The van der Waals surface area contributed by atoms with Gasteiger partial charge < -0.3 is 10.2 Å². The Morgan fingerprint density at radius 2 is 1.89 bits per heavy atom. The van der Waals surface area contributed by atoms with Gasteiger partial charge in [0.2, 0.25) is 5.91 Å². The predicted octanol–water partition coefficient (Wildman–Crippen LogP) is 1.17. The number of benzene rings is 1. The van der Waals surface area contributed by atoms with E-state index in [4.69, 9.17) is 0 Å². The molecule has 10 heteroatoms. The number of nitrogens with zero attached hydrogens (tertiary/aromatic N) is 5. The molecule has 1 aromatic carbocycles. The molecule has 2 aromatic rings. The number of hydrogen-bond donors (Lipinski definition) is 1. The molecule has 2 amide bonds. The van der Waals surface area contributed by atoms with Crippen LogP contribution in [0.2, 0.25) is 0 Å². The van der Waals surface area contributed by atoms with Crippen molar-refractivity contribution in [1.82, 2.24) is 19.8 Å². The minimum atomic E-state index is -0.531. The molecule has 1 aromatic heterocycles. The smallest absolute Gasteiger partial charge is 0.292 e. The number of carbonyl (C=O) groups excluding carboxylic acids is 2. The summed E-state index contributed by atoms with van der Waals surface area (Å²) in [7, 11) is 0. The summed E-state index contributed by atoms with van der Waals surface area (Å²) in [5, 5.41) is 13.7. The molecule has 2 heterocycles. The lowest BCUT2D eigenvalue weighted by atomic mass is 10.2. The van der Waals surface area contributed by atoms with Crippen LogP contribution >= 0.6 is 0 Å². The predicted molar refractivity (Wildman–Crippen MR) is 101 cm³/mol. The van der Waals surface area contributed by atoms with Crippen LogP contribution in [0.15, 0.2) is 42.9 Å². The van der Waals surface area contributed by atoms with Gasteiger partial charge in [-0.1, -0.05) is 12.1 Å². The van der Waals surface area contributed by atoms with E-state index in [0.29, 0.717) is 26.2 Å². The number of piperazine rings is 1. The first-order chi connectivity index (χ1) is 13.5. The minimum absolute atomic E-state index is 0.151. The van der Waals surface area contributed by atoms with E-state index in [1.165, 1.54) is 30.7 Å². The highest BCUT2D eigenvalue weighted by Crippen LogP contribution is 2.23. The van der Waals surface area contributed by atoms with E-state index < -0.39 is 11.0 Å². The summed E-state index contributed by atoms with van der Waals surface area (Å²) in [6, 6.07) is 5.53. The third-order valence-corrected chi connectivity index (χ3v) is 4.67. The number of aromatic nitrogens is 2. The number of para-hydroxylation sites is 2. The number of anilines is 1. The van der Waals surface area contributed by atoms with Gasteiger partial charge in [-0.15, -0.1) is 0 Å². The second-order valence-electron chi connectivity index (χ2n) is 6.36. The lowest BCUT2D eigenvalue weighted by Gasteiger charge is -2.37. The van der Waals surface area contributed by atoms with Crippen LogP contribution in [0.5, 0.6) is 0 Å². The molecule has 1 aliphatic heterocycles. The summed E-state index contributed by atoms with van der Waals surface area (Å²) in [5.74, 6) is -0.521. The molecule has 0 bridgehead atoms. The Kier molecular flexibility index (Phi) is 5.90. The topological polar surface area (TPSA) is 122 Å². The molecule has 1 atom stereocenters. The van der Waals surface area contributed by atoms with Gasteiger partial charge in [-0.3, -0.25) is 29.6 Å². The van der Waals surface area contributed by atoms with Crippen molar-refractivity contribution in [3.63, 3.8) is 0 Å². The Balaban J connectivity index is 1.58. The molecule has 1 aliphatic rings. The summed E-state index contributed by atoms with van der Waals surface area (Å²) in [6.07, 6.45) is 4.41. The monoisotopic (exact) mass is 384 g/mol. The lowest BCUT2D eigenvalue weighted by molar-refractivity contribution is -0.383. The maximum atomic E-state index is 12.5. The third-order valence-electron chi connectivity index (χ3n) is 4.67. The third kappa shape index (κ3) is 4.29. The van der Waals surface area contributed by atoms with E-state index in [1.807, 2.05) is 4.90 Å². The van der Waals surface area contributed by atoms with Crippen molar-refractivity contribution in [2.75, 3.05) is 31.5 Å². The first kappa shape index (κ1) is 19.4. The second kappa shape index (κ2) is 8.53. The van der Waals surface area contributed by atoms with E-state index >= 15 is 0 Å². The summed E-state index contributed by atoms with van der Waals surface area (Å²) in [5.41, 5.74) is 0.307. The molecule has 0 radical (unpaired) electrons. The Bertz CT molecular complexity index is 867. The van der Waals surface area contributed by atoms with Gasteiger partial charge in [0.05, 0.1) is 17.2 Å². The largest absolute Gasteiger partial charge is 0.335 e. The summed E-state index contributed by atoms with van der Waals surface area (Å²) >= 11 is 0. The van der Waals surface area contributed by atoms with Gasteiger partial charge >= 0.3 is 0 Å². The molecular weight excluding hydrogens is 364 g/mol. The second-order valence-corrected chi connectivity index (χ2v) is 6.36. The molecule has 0 spiro atoms. The number of rotatable bonds is 5. The van der Waals surface area contributed by atoms with E-state index in [9.17, 15) is 19.7 Å². The summed E-state index contributed by atoms with van der Waals surface area (Å²) < 4.78 is 0. The maximum Gasteiger partial charge on any atom is 0.292 e. The van der Waals surface area contributed by atoms with E-state index in [-0.39, 0.29) is 28.9 Å². The Morgan fingerprint density at radius 3 is 2.54 bits per heavy atom. The van der Waals surface area contributed by atoms with Crippen LogP contribution in [0.4, 0.5) is 11.4 Å². The van der Waals surface area contributed by atoms with Crippen molar-refractivity contribution in [2.45, 2.75) is 13.0 Å². The zero-order valence-electron chi connectivity index (χ0n) is 15.3. The Labute approximate surface area is 161 Å². The van der Waals surface area contributed by atoms with Crippen molar-refractivity contribution >= 4 is 23.2 Å². The molecule has 1 unspecified atom stereocenters. The molecule has 1 fully saturated rings. The van der Waals surface area contributed by atoms with Crippen LogP contribution in [0.25, 0.3) is 0 Å².